The zero-order valence-corrected chi connectivity index (χ0v) is 17.3. The minimum Gasteiger partial charge on any atom is -0.406 e. The highest BCUT2D eigenvalue weighted by Crippen LogP contribution is 2.32. The van der Waals surface area contributed by atoms with E-state index in [9.17, 15) is 18.0 Å². The van der Waals surface area contributed by atoms with E-state index in [1.807, 2.05) is 0 Å². The smallest absolute Gasteiger partial charge is 0.406 e. The van der Waals surface area contributed by atoms with Crippen LogP contribution in [-0.2, 0) is 22.7 Å². The Hall–Kier alpha value is -3.44. The maximum atomic E-state index is 13.4. The standard InChI is InChI=1S/C22H19F3N4O4/c23-22(24,25)33-14-3-1-12(2-4-14)18-11-31-6-5-29(18)21(30)13-7-15-16-9-32-10-17(16)19(26)28-20(15)27-8-13/h1-4,7-8,18H,5-6,9-11H2,(H2,26,27,28)/t18-/m1/s1. The number of benzene rings is 1. The van der Waals surface area contributed by atoms with Gasteiger partial charge in [-0.1, -0.05) is 12.1 Å². The molecular formula is C22H19F3N4O4. The van der Waals surface area contributed by atoms with Crippen LogP contribution >= 0.6 is 0 Å². The number of nitrogens with two attached hydrogens (primary N) is 1. The minimum atomic E-state index is -4.77. The predicted octanol–water partition coefficient (Wildman–Crippen LogP) is 3.35. The second-order valence-corrected chi connectivity index (χ2v) is 7.75. The number of hydrogen-bond donors (Lipinski definition) is 1. The maximum Gasteiger partial charge on any atom is 0.573 e. The molecule has 0 radical (unpaired) electrons. The molecule has 172 valence electrons. The van der Waals surface area contributed by atoms with Gasteiger partial charge in [0.15, 0.2) is 5.65 Å². The van der Waals surface area contributed by atoms with Crippen molar-refractivity contribution in [2.75, 3.05) is 25.5 Å². The van der Waals surface area contributed by atoms with Crippen molar-refractivity contribution >= 4 is 22.8 Å². The van der Waals surface area contributed by atoms with Crippen LogP contribution in [0.1, 0.15) is 33.1 Å². The van der Waals surface area contributed by atoms with Crippen LogP contribution in [0, 0.1) is 0 Å². The van der Waals surface area contributed by atoms with Crippen molar-refractivity contribution in [1.82, 2.24) is 14.9 Å². The number of pyridine rings is 2. The number of nitrogen functional groups attached to an aromatic ring is 1. The van der Waals surface area contributed by atoms with Gasteiger partial charge in [0.1, 0.15) is 11.6 Å². The van der Waals surface area contributed by atoms with E-state index in [0.29, 0.717) is 54.3 Å². The van der Waals surface area contributed by atoms with Crippen LogP contribution in [0.2, 0.25) is 0 Å². The third-order valence-electron chi connectivity index (χ3n) is 5.72. The summed E-state index contributed by atoms with van der Waals surface area (Å²) in [6.07, 6.45) is -3.32. The molecule has 33 heavy (non-hydrogen) atoms. The van der Waals surface area contributed by atoms with E-state index >= 15 is 0 Å². The lowest BCUT2D eigenvalue weighted by molar-refractivity contribution is -0.274. The molecule has 1 aromatic carbocycles. The molecule has 1 fully saturated rings. The molecule has 0 bridgehead atoms. The van der Waals surface area contributed by atoms with E-state index in [-0.39, 0.29) is 18.3 Å². The lowest BCUT2D eigenvalue weighted by Crippen LogP contribution is -2.43. The first kappa shape index (κ1) is 21.4. The summed E-state index contributed by atoms with van der Waals surface area (Å²) in [5.41, 5.74) is 9.11. The quantitative estimate of drug-likeness (QED) is 0.640. The molecule has 0 spiro atoms. The number of rotatable bonds is 3. The third kappa shape index (κ3) is 4.16. The predicted molar refractivity (Wildman–Crippen MR) is 110 cm³/mol. The number of hydrogen-bond acceptors (Lipinski definition) is 7. The van der Waals surface area contributed by atoms with E-state index in [1.54, 1.807) is 11.0 Å². The van der Waals surface area contributed by atoms with E-state index < -0.39 is 12.4 Å². The lowest BCUT2D eigenvalue weighted by atomic mass is 10.0. The summed E-state index contributed by atoms with van der Waals surface area (Å²) in [6.45, 7) is 1.61. The maximum absolute atomic E-state index is 13.4. The van der Waals surface area contributed by atoms with Gasteiger partial charge in [-0.05, 0) is 29.3 Å². The molecule has 5 rings (SSSR count). The third-order valence-corrected chi connectivity index (χ3v) is 5.72. The number of nitrogens with zero attached hydrogens (tertiary/aromatic N) is 3. The molecular weight excluding hydrogens is 441 g/mol. The molecule has 3 aromatic rings. The molecule has 2 N–H and O–H groups in total. The first-order valence-electron chi connectivity index (χ1n) is 10.2. The number of carbonyl (C=O) groups excluding carboxylic acids is 1. The summed E-state index contributed by atoms with van der Waals surface area (Å²) < 4.78 is 52.3. The number of fused-ring (bicyclic) bond motifs is 3. The molecule has 0 saturated carbocycles. The average molecular weight is 460 g/mol. The average Bonchev–Trinajstić information content (AvgIpc) is 3.29. The van der Waals surface area contributed by atoms with Gasteiger partial charge in [0.05, 0.1) is 38.0 Å². The largest absolute Gasteiger partial charge is 0.573 e. The summed E-state index contributed by atoms with van der Waals surface area (Å²) in [6, 6.07) is 6.69. The van der Waals surface area contributed by atoms with Gasteiger partial charge in [-0.2, -0.15) is 0 Å². The molecule has 2 aliphatic rings. The Kier molecular flexibility index (Phi) is 5.29. The van der Waals surface area contributed by atoms with E-state index in [2.05, 4.69) is 14.7 Å². The zero-order valence-electron chi connectivity index (χ0n) is 17.3. The SMILES string of the molecule is Nc1nc2ncc(C(=O)N3CCOC[C@@H]3c3ccc(OC(F)(F)F)cc3)cc2c2c1COC2. The Balaban J connectivity index is 1.44. The van der Waals surface area contributed by atoms with E-state index in [4.69, 9.17) is 15.2 Å². The van der Waals surface area contributed by atoms with Gasteiger partial charge in [0, 0.05) is 23.7 Å². The fourth-order valence-electron chi connectivity index (χ4n) is 4.15. The van der Waals surface area contributed by atoms with Gasteiger partial charge in [0.25, 0.3) is 5.91 Å². The van der Waals surface area contributed by atoms with Crippen molar-refractivity contribution < 1.29 is 32.2 Å². The Morgan fingerprint density at radius 2 is 1.91 bits per heavy atom. The van der Waals surface area contributed by atoms with E-state index in [0.717, 1.165) is 11.1 Å². The lowest BCUT2D eigenvalue weighted by Gasteiger charge is -2.36. The summed E-state index contributed by atoms with van der Waals surface area (Å²) in [5, 5.41) is 0.709. The number of amides is 1. The molecule has 1 atom stereocenters. The van der Waals surface area contributed by atoms with Crippen LogP contribution in [0.4, 0.5) is 19.0 Å². The summed E-state index contributed by atoms with van der Waals surface area (Å²) in [5.74, 6) is -0.229. The number of morpholine rings is 1. The van der Waals surface area contributed by atoms with Gasteiger partial charge >= 0.3 is 6.36 Å². The van der Waals surface area contributed by atoms with Crippen molar-refractivity contribution in [1.29, 1.82) is 0 Å². The van der Waals surface area contributed by atoms with Crippen LogP contribution in [0.15, 0.2) is 36.5 Å². The van der Waals surface area contributed by atoms with Crippen molar-refractivity contribution in [2.45, 2.75) is 25.6 Å². The molecule has 1 saturated heterocycles. The van der Waals surface area contributed by atoms with Crippen LogP contribution in [0.5, 0.6) is 5.75 Å². The summed E-state index contributed by atoms with van der Waals surface area (Å²) in [4.78, 5) is 23.7. The molecule has 11 heteroatoms. The molecule has 0 unspecified atom stereocenters. The van der Waals surface area contributed by atoms with Gasteiger partial charge < -0.3 is 24.8 Å². The Labute approximate surface area is 186 Å². The van der Waals surface area contributed by atoms with Gasteiger partial charge in [0.2, 0.25) is 0 Å². The highest BCUT2D eigenvalue weighted by atomic mass is 19.4. The van der Waals surface area contributed by atoms with Crippen LogP contribution in [0.25, 0.3) is 11.0 Å². The van der Waals surface area contributed by atoms with Crippen molar-refractivity contribution in [3.05, 3.63) is 58.8 Å². The Bertz CT molecular complexity index is 1220. The number of alkyl halides is 3. The molecule has 2 aromatic heterocycles. The number of halogens is 3. The highest BCUT2D eigenvalue weighted by Gasteiger charge is 2.33. The molecule has 0 aliphatic carbocycles. The molecule has 8 nitrogen and oxygen atoms in total. The second kappa shape index (κ2) is 8.16. The van der Waals surface area contributed by atoms with Crippen molar-refractivity contribution in [2.24, 2.45) is 0 Å². The molecule has 2 aliphatic heterocycles. The van der Waals surface area contributed by atoms with Crippen LogP contribution in [-0.4, -0.2) is 46.9 Å². The fraction of sp³-hybridized carbons (Fsp3) is 0.318. The first-order valence-corrected chi connectivity index (χ1v) is 10.2. The highest BCUT2D eigenvalue weighted by molar-refractivity contribution is 5.98. The number of carbonyl (C=O) groups is 1. The van der Waals surface area contributed by atoms with Gasteiger partial charge in [-0.15, -0.1) is 13.2 Å². The van der Waals surface area contributed by atoms with Crippen LogP contribution < -0.4 is 10.5 Å². The zero-order chi connectivity index (χ0) is 23.2. The van der Waals surface area contributed by atoms with Gasteiger partial charge in [-0.25, -0.2) is 9.97 Å². The van der Waals surface area contributed by atoms with Crippen LogP contribution in [0.3, 0.4) is 0 Å². The number of ether oxygens (including phenoxy) is 3. The van der Waals surface area contributed by atoms with Crippen molar-refractivity contribution in [3.63, 3.8) is 0 Å². The van der Waals surface area contributed by atoms with Crippen molar-refractivity contribution in [3.8, 4) is 5.75 Å². The number of aromatic nitrogens is 2. The van der Waals surface area contributed by atoms with E-state index in [1.165, 1.54) is 30.5 Å². The first-order chi connectivity index (χ1) is 15.8. The van der Waals surface area contributed by atoms with Gasteiger partial charge in [-0.3, -0.25) is 4.79 Å². The summed E-state index contributed by atoms with van der Waals surface area (Å²) >= 11 is 0. The Morgan fingerprint density at radius 1 is 1.15 bits per heavy atom. The summed E-state index contributed by atoms with van der Waals surface area (Å²) in [7, 11) is 0. The topological polar surface area (TPSA) is 99.8 Å². The molecule has 1 amide bonds. The fourth-order valence-corrected chi connectivity index (χ4v) is 4.15. The molecule has 4 heterocycles. The second-order valence-electron chi connectivity index (χ2n) is 7.75. The normalized spacial score (nSPS) is 18.4. The monoisotopic (exact) mass is 460 g/mol. The Morgan fingerprint density at radius 3 is 2.67 bits per heavy atom. The minimum absolute atomic E-state index is 0.216. The number of anilines is 1.